The fourth-order valence-electron chi connectivity index (χ4n) is 4.92. The van der Waals surface area contributed by atoms with E-state index in [2.05, 4.69) is 10.2 Å². The number of β-amino-alcohol motifs (C(OH)–C–C–N with tert-alkyl or cyclic N) is 1. The summed E-state index contributed by atoms with van der Waals surface area (Å²) in [5.41, 5.74) is -0.872. The highest BCUT2D eigenvalue weighted by Gasteiger charge is 2.45. The summed E-state index contributed by atoms with van der Waals surface area (Å²) in [7, 11) is 0. The second-order valence-corrected chi connectivity index (χ2v) is 8.91. The fourth-order valence-corrected chi connectivity index (χ4v) is 4.92. The second-order valence-electron chi connectivity index (χ2n) is 8.91. The number of urea groups is 1. The minimum atomic E-state index is -0.872. The average molecular weight is 366 g/mol. The van der Waals surface area contributed by atoms with Crippen LogP contribution in [-0.2, 0) is 4.79 Å². The number of hydrogen-bond acceptors (Lipinski definition) is 4. The van der Waals surface area contributed by atoms with Crippen LogP contribution in [0.25, 0.3) is 0 Å². The van der Waals surface area contributed by atoms with E-state index < -0.39 is 11.6 Å². The van der Waals surface area contributed by atoms with Gasteiger partial charge in [-0.1, -0.05) is 38.5 Å². The smallest absolute Gasteiger partial charge is 0.325 e. The number of aliphatic hydroxyl groups excluding tert-OH is 1. The zero-order chi connectivity index (χ0) is 18.7. The summed E-state index contributed by atoms with van der Waals surface area (Å²) in [4.78, 5) is 28.2. The van der Waals surface area contributed by atoms with E-state index in [9.17, 15) is 14.7 Å². The number of amides is 3. The van der Waals surface area contributed by atoms with Crippen molar-refractivity contribution >= 4 is 11.9 Å². The summed E-state index contributed by atoms with van der Waals surface area (Å²) in [6.07, 6.45) is 11.8. The summed E-state index contributed by atoms with van der Waals surface area (Å²) >= 11 is 0. The van der Waals surface area contributed by atoms with Crippen molar-refractivity contribution in [2.45, 2.75) is 102 Å². The Hall–Kier alpha value is -1.14. The van der Waals surface area contributed by atoms with Crippen LogP contribution in [0.4, 0.5) is 4.79 Å². The number of hydrogen-bond donors (Lipinski definition) is 2. The Balaban J connectivity index is 1.63. The monoisotopic (exact) mass is 365 g/mol. The van der Waals surface area contributed by atoms with Gasteiger partial charge in [0.2, 0.25) is 0 Å². The zero-order valence-corrected chi connectivity index (χ0v) is 16.4. The molecule has 1 heterocycles. The van der Waals surface area contributed by atoms with Crippen LogP contribution in [0.15, 0.2) is 0 Å². The predicted molar refractivity (Wildman–Crippen MR) is 101 cm³/mol. The van der Waals surface area contributed by atoms with Crippen LogP contribution < -0.4 is 5.32 Å². The van der Waals surface area contributed by atoms with Gasteiger partial charge in [-0.15, -0.1) is 0 Å². The normalized spacial score (nSPS) is 26.4. The molecule has 2 aliphatic carbocycles. The first-order valence-corrected chi connectivity index (χ1v) is 10.5. The molecule has 0 spiro atoms. The SMILES string of the molecule is CC1(C)NC(=O)N(C[C@@H](O)CN(C2CCCCC2)C2CCCCC2)C1=O. The largest absolute Gasteiger partial charge is 0.390 e. The molecule has 3 aliphatic rings. The Labute approximate surface area is 157 Å². The molecule has 0 aromatic rings. The minimum absolute atomic E-state index is 0.0873. The molecule has 0 aromatic carbocycles. The van der Waals surface area contributed by atoms with Gasteiger partial charge in [0.1, 0.15) is 5.54 Å². The predicted octanol–water partition coefficient (Wildman–Crippen LogP) is 2.65. The fraction of sp³-hybridized carbons (Fsp3) is 0.900. The molecule has 3 amide bonds. The van der Waals surface area contributed by atoms with Crippen LogP contribution in [0, 0.1) is 0 Å². The lowest BCUT2D eigenvalue weighted by atomic mass is 9.88. The molecule has 2 saturated carbocycles. The Morgan fingerprint density at radius 1 is 1.04 bits per heavy atom. The van der Waals surface area contributed by atoms with Crippen LogP contribution in [-0.4, -0.2) is 63.7 Å². The molecule has 1 aliphatic heterocycles. The van der Waals surface area contributed by atoms with Crippen LogP contribution >= 0.6 is 0 Å². The molecule has 148 valence electrons. The maximum Gasteiger partial charge on any atom is 0.325 e. The molecule has 3 fully saturated rings. The van der Waals surface area contributed by atoms with Gasteiger partial charge in [-0.25, -0.2) is 4.79 Å². The first kappa shape index (κ1) is 19.6. The first-order chi connectivity index (χ1) is 12.4. The number of carbonyl (C=O) groups excluding carboxylic acids is 2. The lowest BCUT2D eigenvalue weighted by Gasteiger charge is -2.42. The van der Waals surface area contributed by atoms with Crippen molar-refractivity contribution in [3.63, 3.8) is 0 Å². The average Bonchev–Trinajstić information content (AvgIpc) is 2.83. The summed E-state index contributed by atoms with van der Waals surface area (Å²) in [5, 5.41) is 13.4. The van der Waals surface area contributed by atoms with Crippen molar-refractivity contribution in [2.24, 2.45) is 0 Å². The topological polar surface area (TPSA) is 72.9 Å². The minimum Gasteiger partial charge on any atom is -0.390 e. The standard InChI is InChI=1S/C20H35N3O3/c1-20(2)18(25)23(19(26)21-20)14-17(24)13-22(15-9-5-3-6-10-15)16-11-7-4-8-12-16/h15-17,24H,3-14H2,1-2H3,(H,21,26)/t17-/m0/s1. The molecule has 1 atom stereocenters. The van der Waals surface area contributed by atoms with Crippen molar-refractivity contribution in [1.82, 2.24) is 15.1 Å². The number of nitrogens with one attached hydrogen (secondary N) is 1. The van der Waals surface area contributed by atoms with E-state index in [0.717, 1.165) is 0 Å². The lowest BCUT2D eigenvalue weighted by Crippen LogP contribution is -2.51. The number of imide groups is 1. The molecule has 1 saturated heterocycles. The summed E-state index contributed by atoms with van der Waals surface area (Å²) < 4.78 is 0. The number of nitrogens with zero attached hydrogens (tertiary/aromatic N) is 2. The molecular formula is C20H35N3O3. The molecule has 0 radical (unpaired) electrons. The first-order valence-electron chi connectivity index (χ1n) is 10.5. The highest BCUT2D eigenvalue weighted by atomic mass is 16.3. The highest BCUT2D eigenvalue weighted by Crippen LogP contribution is 2.30. The van der Waals surface area contributed by atoms with Gasteiger partial charge in [0.05, 0.1) is 12.6 Å². The van der Waals surface area contributed by atoms with Crippen LogP contribution in [0.3, 0.4) is 0 Å². The Bertz CT molecular complexity index is 492. The second kappa shape index (κ2) is 8.26. The van der Waals surface area contributed by atoms with E-state index in [4.69, 9.17) is 0 Å². The Morgan fingerprint density at radius 3 is 1.96 bits per heavy atom. The Kier molecular flexibility index (Phi) is 6.23. The number of rotatable bonds is 6. The lowest BCUT2D eigenvalue weighted by molar-refractivity contribution is -0.131. The summed E-state index contributed by atoms with van der Waals surface area (Å²) in [5.74, 6) is -0.247. The number of aliphatic hydroxyl groups is 1. The van der Waals surface area contributed by atoms with Gasteiger partial charge in [0.15, 0.2) is 0 Å². The van der Waals surface area contributed by atoms with Gasteiger partial charge < -0.3 is 10.4 Å². The van der Waals surface area contributed by atoms with Gasteiger partial charge in [0, 0.05) is 18.6 Å². The summed E-state index contributed by atoms with van der Waals surface area (Å²) in [6.45, 7) is 4.06. The highest BCUT2D eigenvalue weighted by molar-refractivity contribution is 6.06. The van der Waals surface area contributed by atoms with Crippen molar-refractivity contribution < 1.29 is 14.7 Å². The van der Waals surface area contributed by atoms with Gasteiger partial charge in [0.25, 0.3) is 5.91 Å². The molecular weight excluding hydrogens is 330 g/mol. The molecule has 6 nitrogen and oxygen atoms in total. The third kappa shape index (κ3) is 4.39. The molecule has 0 unspecified atom stereocenters. The quantitative estimate of drug-likeness (QED) is 0.710. The van der Waals surface area contributed by atoms with Gasteiger partial charge in [-0.05, 0) is 39.5 Å². The Morgan fingerprint density at radius 2 is 1.54 bits per heavy atom. The molecule has 0 aromatic heterocycles. The van der Waals surface area contributed by atoms with Crippen LogP contribution in [0.1, 0.15) is 78.1 Å². The van der Waals surface area contributed by atoms with Gasteiger partial charge in [-0.2, -0.15) is 0 Å². The van der Waals surface area contributed by atoms with E-state index in [1.807, 2.05) is 0 Å². The van der Waals surface area contributed by atoms with Gasteiger partial charge >= 0.3 is 6.03 Å². The van der Waals surface area contributed by atoms with Crippen LogP contribution in [0.2, 0.25) is 0 Å². The third-order valence-corrected chi connectivity index (χ3v) is 6.35. The van der Waals surface area contributed by atoms with Gasteiger partial charge in [-0.3, -0.25) is 14.6 Å². The van der Waals surface area contributed by atoms with Crippen molar-refractivity contribution in [3.05, 3.63) is 0 Å². The maximum atomic E-state index is 12.4. The van der Waals surface area contributed by atoms with E-state index in [-0.39, 0.29) is 18.5 Å². The van der Waals surface area contributed by atoms with E-state index in [0.29, 0.717) is 18.6 Å². The van der Waals surface area contributed by atoms with Crippen molar-refractivity contribution in [2.75, 3.05) is 13.1 Å². The van der Waals surface area contributed by atoms with Crippen molar-refractivity contribution in [3.8, 4) is 0 Å². The van der Waals surface area contributed by atoms with E-state index in [1.54, 1.807) is 13.8 Å². The third-order valence-electron chi connectivity index (χ3n) is 6.35. The van der Waals surface area contributed by atoms with E-state index >= 15 is 0 Å². The molecule has 2 N–H and O–H groups in total. The molecule has 26 heavy (non-hydrogen) atoms. The molecule has 3 rings (SSSR count). The number of carbonyl (C=O) groups is 2. The van der Waals surface area contributed by atoms with Crippen LogP contribution in [0.5, 0.6) is 0 Å². The van der Waals surface area contributed by atoms with Crippen molar-refractivity contribution in [1.29, 1.82) is 0 Å². The summed E-state index contributed by atoms with van der Waals surface area (Å²) in [6, 6.07) is 0.697. The maximum absolute atomic E-state index is 12.4. The zero-order valence-electron chi connectivity index (χ0n) is 16.4. The van der Waals surface area contributed by atoms with E-state index in [1.165, 1.54) is 69.1 Å². The molecule has 0 bridgehead atoms. The molecule has 6 heteroatoms.